The summed E-state index contributed by atoms with van der Waals surface area (Å²) in [7, 11) is 0. The molecule has 0 amide bonds. The molecule has 0 atom stereocenters. The first-order chi connectivity index (χ1) is 5.45. The molecule has 0 saturated carbocycles. The average Bonchev–Trinajstić information content (AvgIpc) is 2.60. The quantitative estimate of drug-likeness (QED) is 0.735. The van der Waals surface area contributed by atoms with Gasteiger partial charge in [-0.15, -0.1) is 0 Å². The van der Waals surface area contributed by atoms with Crippen molar-refractivity contribution >= 4 is 0 Å². The molecular formula is C10H12W-2. The van der Waals surface area contributed by atoms with Gasteiger partial charge in [-0.05, 0) is 0 Å². The van der Waals surface area contributed by atoms with Gasteiger partial charge in [-0.25, -0.2) is 0 Å². The van der Waals surface area contributed by atoms with Crippen LogP contribution in [0, 0.1) is 0 Å². The first-order valence-electron chi connectivity index (χ1n) is 3.84. The molecule has 0 N–H and O–H groups in total. The van der Waals surface area contributed by atoms with Gasteiger partial charge in [-0.2, -0.15) is 0 Å². The third kappa shape index (κ3) is 1.81. The van der Waals surface area contributed by atoms with Crippen LogP contribution in [0.2, 0.25) is 0 Å². The first-order valence-corrected chi connectivity index (χ1v) is 6.78. The van der Waals surface area contributed by atoms with E-state index in [4.69, 9.17) is 0 Å². The van der Waals surface area contributed by atoms with Crippen LogP contribution in [0.5, 0.6) is 0 Å². The Bertz CT molecular complexity index is 247. The summed E-state index contributed by atoms with van der Waals surface area (Å²) < 4.78 is 3.44. The molecule has 0 aromatic carbocycles. The van der Waals surface area contributed by atoms with Crippen molar-refractivity contribution < 1.29 is 21.4 Å². The molecule has 60 valence electrons. The van der Waals surface area contributed by atoms with Crippen molar-refractivity contribution in [1.82, 2.24) is 0 Å². The summed E-state index contributed by atoms with van der Waals surface area (Å²) in [6.07, 6.45) is 16.0. The molecular weight excluding hydrogens is 304 g/mol. The van der Waals surface area contributed by atoms with E-state index in [1.807, 2.05) is 0 Å². The zero-order valence-corrected chi connectivity index (χ0v) is 9.22. The Morgan fingerprint density at radius 3 is 1.91 bits per heavy atom. The Morgan fingerprint density at radius 1 is 1.00 bits per heavy atom. The molecule has 0 nitrogen and oxygen atoms in total. The maximum absolute atomic E-state index is 2.31. The van der Waals surface area contributed by atoms with Gasteiger partial charge in [0.25, 0.3) is 0 Å². The molecule has 11 heavy (non-hydrogen) atoms. The van der Waals surface area contributed by atoms with Gasteiger partial charge in [0.1, 0.15) is 0 Å². The van der Waals surface area contributed by atoms with Gasteiger partial charge in [0, 0.05) is 0 Å². The summed E-state index contributed by atoms with van der Waals surface area (Å²) >= 11 is -0.282. The monoisotopic (exact) mass is 316 g/mol. The van der Waals surface area contributed by atoms with Crippen molar-refractivity contribution in [2.45, 2.75) is 12.8 Å². The predicted octanol–water partition coefficient (Wildman–Crippen LogP) is 2.98. The molecule has 0 aromatic heterocycles. The normalized spacial score (nSPS) is 20.7. The largest absolute Gasteiger partial charge is 1.00 e. The van der Waals surface area contributed by atoms with E-state index < -0.39 is 0 Å². The van der Waals surface area contributed by atoms with Crippen LogP contribution in [0.3, 0.4) is 0 Å². The van der Waals surface area contributed by atoms with Gasteiger partial charge in [0.2, 0.25) is 0 Å². The molecule has 2 rings (SSSR count). The summed E-state index contributed by atoms with van der Waals surface area (Å²) in [5.74, 6) is 0. The van der Waals surface area contributed by atoms with Crippen molar-refractivity contribution in [1.29, 1.82) is 0 Å². The van der Waals surface area contributed by atoms with Crippen LogP contribution in [-0.4, -0.2) is 0 Å². The minimum Gasteiger partial charge on any atom is -1.00 e. The van der Waals surface area contributed by atoms with E-state index in [1.165, 1.54) is 12.8 Å². The van der Waals surface area contributed by atoms with E-state index in [9.17, 15) is 0 Å². The maximum Gasteiger partial charge on any atom is -1.00 e. The topological polar surface area (TPSA) is 0 Å². The third-order valence-corrected chi connectivity index (χ3v) is 5.80. The van der Waals surface area contributed by atoms with Crippen LogP contribution in [-0.2, 0) is 18.6 Å². The Morgan fingerprint density at radius 2 is 1.55 bits per heavy atom. The van der Waals surface area contributed by atoms with Crippen LogP contribution < -0.4 is 0 Å². The zero-order chi connectivity index (χ0) is 7.52. The van der Waals surface area contributed by atoms with E-state index in [0.717, 1.165) is 0 Å². The minimum atomic E-state index is -0.282. The van der Waals surface area contributed by atoms with Crippen LogP contribution in [0.25, 0.3) is 0 Å². The number of allylic oxidation sites excluding steroid dienone is 8. The van der Waals surface area contributed by atoms with Gasteiger partial charge >= 0.3 is 75.8 Å². The zero-order valence-electron chi connectivity index (χ0n) is 8.29. The van der Waals surface area contributed by atoms with Gasteiger partial charge in [-0.3, -0.25) is 0 Å². The van der Waals surface area contributed by atoms with E-state index in [2.05, 4.69) is 36.5 Å². The molecule has 0 fully saturated rings. The second-order valence-corrected chi connectivity index (χ2v) is 7.13. The molecule has 0 aliphatic heterocycles. The maximum atomic E-state index is 2.31. The van der Waals surface area contributed by atoms with Crippen LogP contribution >= 0.6 is 0 Å². The molecule has 2 aliphatic rings. The van der Waals surface area contributed by atoms with Gasteiger partial charge in [0.15, 0.2) is 0 Å². The van der Waals surface area contributed by atoms with Crippen molar-refractivity contribution in [2.24, 2.45) is 0 Å². The summed E-state index contributed by atoms with van der Waals surface area (Å²) in [4.78, 5) is 0. The van der Waals surface area contributed by atoms with Gasteiger partial charge < -0.3 is 2.85 Å². The van der Waals surface area contributed by atoms with Crippen molar-refractivity contribution in [3.63, 3.8) is 0 Å². The van der Waals surface area contributed by atoms with Crippen LogP contribution in [0.1, 0.15) is 15.7 Å². The second kappa shape index (κ2) is 3.36. The molecule has 0 radical (unpaired) electrons. The fourth-order valence-electron chi connectivity index (χ4n) is 1.17. The summed E-state index contributed by atoms with van der Waals surface area (Å²) in [5, 5.41) is 0. The number of rotatable bonds is 2. The molecule has 2 aliphatic carbocycles. The molecule has 0 heterocycles. The first kappa shape index (κ1) is 7.31. The van der Waals surface area contributed by atoms with Crippen molar-refractivity contribution in [3.05, 3.63) is 44.4 Å². The van der Waals surface area contributed by atoms with Gasteiger partial charge in [0.05, 0.1) is 0 Å². The van der Waals surface area contributed by atoms with E-state index in [0.29, 0.717) is 0 Å². The number of hydrogen-bond donors (Lipinski definition) is 0. The van der Waals surface area contributed by atoms with E-state index in [-0.39, 0.29) is 21.4 Å². The molecule has 0 saturated heterocycles. The van der Waals surface area contributed by atoms with Crippen molar-refractivity contribution in [2.75, 3.05) is 0 Å². The fourth-order valence-corrected chi connectivity index (χ4v) is 4.73. The SMILES string of the molecule is C1=CC[C]([W][C]2=CC=CC2)=C1.[H-].[H-]. The standard InChI is InChI=1S/2C5H5.W.2H/c2*1-2-4-5-3-1;;;/h2*1-3H,4H2;;;/q;;;2*-1. The summed E-state index contributed by atoms with van der Waals surface area (Å²) in [5.41, 5.74) is 0. The van der Waals surface area contributed by atoms with E-state index in [1.54, 1.807) is 7.93 Å². The Hall–Kier alpha value is -0.352. The smallest absolute Gasteiger partial charge is 1.00 e. The van der Waals surface area contributed by atoms with Crippen molar-refractivity contribution in [3.8, 4) is 0 Å². The summed E-state index contributed by atoms with van der Waals surface area (Å²) in [6, 6.07) is 0. The minimum absolute atomic E-state index is 0. The van der Waals surface area contributed by atoms with E-state index >= 15 is 0 Å². The molecule has 0 unspecified atom stereocenters. The number of hydrogen-bond acceptors (Lipinski definition) is 0. The predicted molar refractivity (Wildman–Crippen MR) is 45.9 cm³/mol. The van der Waals surface area contributed by atoms with Crippen LogP contribution in [0.4, 0.5) is 0 Å². The average molecular weight is 316 g/mol. The Labute approximate surface area is 78.9 Å². The van der Waals surface area contributed by atoms with Crippen LogP contribution in [0.15, 0.2) is 44.4 Å². The Kier molecular flexibility index (Phi) is 2.23. The van der Waals surface area contributed by atoms with Gasteiger partial charge in [-0.1, -0.05) is 0 Å². The fraction of sp³-hybridized carbons (Fsp3) is 0.200. The molecule has 0 spiro atoms. The second-order valence-electron chi connectivity index (χ2n) is 2.63. The Balaban J connectivity index is 0.000000720. The third-order valence-electron chi connectivity index (χ3n) is 1.74. The molecule has 1 heteroatoms. The molecule has 0 aromatic rings. The molecule has 0 bridgehead atoms. The summed E-state index contributed by atoms with van der Waals surface area (Å²) in [6.45, 7) is 0.